The van der Waals surface area contributed by atoms with Gasteiger partial charge in [0.1, 0.15) is 5.54 Å². The molecule has 0 aromatic rings. The van der Waals surface area contributed by atoms with E-state index >= 15 is 0 Å². The lowest BCUT2D eigenvalue weighted by Crippen LogP contribution is -2.35. The Balaban J connectivity index is 3.75. The van der Waals surface area contributed by atoms with Crippen LogP contribution in [0.25, 0.3) is 0 Å². The molecule has 0 fully saturated rings. The zero-order chi connectivity index (χ0) is 12.6. The summed E-state index contributed by atoms with van der Waals surface area (Å²) in [6.45, 7) is 10.8. The maximum Gasteiger partial charge on any atom is 0.101 e. The predicted octanol–water partition coefficient (Wildman–Crippen LogP) is 2.52. The Morgan fingerprint density at radius 3 is 2.38 bits per heavy atom. The van der Waals surface area contributed by atoms with Crippen LogP contribution in [-0.2, 0) is 0 Å². The van der Waals surface area contributed by atoms with Crippen molar-refractivity contribution in [3.63, 3.8) is 0 Å². The van der Waals surface area contributed by atoms with E-state index < -0.39 is 5.54 Å². The Morgan fingerprint density at radius 1 is 1.31 bits per heavy atom. The average Bonchev–Trinajstić information content (AvgIpc) is 2.22. The van der Waals surface area contributed by atoms with Crippen molar-refractivity contribution < 1.29 is 0 Å². The minimum atomic E-state index is -0.645. The van der Waals surface area contributed by atoms with Crippen molar-refractivity contribution in [2.45, 2.75) is 65.0 Å². The topological polar surface area (TPSA) is 53.0 Å². The van der Waals surface area contributed by atoms with Gasteiger partial charge in [-0.2, -0.15) is 5.26 Å². The summed E-state index contributed by atoms with van der Waals surface area (Å²) < 4.78 is 0. The van der Waals surface area contributed by atoms with Crippen molar-refractivity contribution in [1.29, 1.82) is 5.26 Å². The molecule has 0 saturated carbocycles. The Bertz CT molecular complexity index is 216. The van der Waals surface area contributed by atoms with Crippen LogP contribution in [0.2, 0.25) is 0 Å². The van der Waals surface area contributed by atoms with Crippen LogP contribution >= 0.6 is 0 Å². The van der Waals surface area contributed by atoms with E-state index in [9.17, 15) is 0 Å². The van der Waals surface area contributed by atoms with Crippen LogP contribution in [0.3, 0.4) is 0 Å². The van der Waals surface area contributed by atoms with Crippen molar-refractivity contribution in [2.75, 3.05) is 13.1 Å². The fraction of sp³-hybridized carbons (Fsp3) is 0.923. The van der Waals surface area contributed by atoms with Gasteiger partial charge in [0.05, 0.1) is 6.07 Å². The number of rotatable bonds is 8. The highest BCUT2D eigenvalue weighted by molar-refractivity contribution is 5.00. The molecule has 0 bridgehead atoms. The average molecular weight is 225 g/mol. The predicted molar refractivity (Wildman–Crippen MR) is 69.1 cm³/mol. The van der Waals surface area contributed by atoms with Crippen molar-refractivity contribution in [1.82, 2.24) is 4.90 Å². The first-order valence-corrected chi connectivity index (χ1v) is 6.37. The van der Waals surface area contributed by atoms with Gasteiger partial charge in [0.25, 0.3) is 0 Å². The van der Waals surface area contributed by atoms with E-state index in [2.05, 4.69) is 31.7 Å². The fourth-order valence-corrected chi connectivity index (χ4v) is 1.78. The zero-order valence-electron chi connectivity index (χ0n) is 11.3. The van der Waals surface area contributed by atoms with E-state index in [1.54, 1.807) is 6.92 Å². The molecule has 0 aliphatic heterocycles. The standard InChI is InChI=1S/C13H27N3/c1-5-9-16(12(2)3)10-7-6-8-13(4,15)11-14/h12H,5-10,15H2,1-4H3. The number of unbranched alkanes of at least 4 members (excludes halogenated alkanes) is 1. The SMILES string of the molecule is CCCN(CCCCC(C)(N)C#N)C(C)C. The second-order valence-electron chi connectivity index (χ2n) is 5.12. The second-order valence-corrected chi connectivity index (χ2v) is 5.12. The Labute approximate surface area is 101 Å². The Morgan fingerprint density at radius 2 is 1.94 bits per heavy atom. The molecule has 0 aliphatic rings. The molecule has 0 spiro atoms. The van der Waals surface area contributed by atoms with Gasteiger partial charge in [-0.05, 0) is 59.5 Å². The summed E-state index contributed by atoms with van der Waals surface area (Å²) in [5, 5.41) is 8.79. The number of nitrogens with zero attached hydrogens (tertiary/aromatic N) is 2. The highest BCUT2D eigenvalue weighted by atomic mass is 15.1. The Hall–Kier alpha value is -0.590. The normalized spacial score (nSPS) is 15.1. The third kappa shape index (κ3) is 6.81. The molecule has 0 rings (SSSR count). The zero-order valence-corrected chi connectivity index (χ0v) is 11.3. The second kappa shape index (κ2) is 7.65. The summed E-state index contributed by atoms with van der Waals surface area (Å²) in [6, 6.07) is 2.75. The van der Waals surface area contributed by atoms with Crippen LogP contribution in [0.4, 0.5) is 0 Å². The van der Waals surface area contributed by atoms with Gasteiger partial charge < -0.3 is 10.6 Å². The molecule has 0 amide bonds. The fourth-order valence-electron chi connectivity index (χ4n) is 1.78. The van der Waals surface area contributed by atoms with Crippen molar-refractivity contribution in [2.24, 2.45) is 5.73 Å². The van der Waals surface area contributed by atoms with E-state index in [0.717, 1.165) is 32.4 Å². The number of nitriles is 1. The van der Waals surface area contributed by atoms with Gasteiger partial charge in [0.2, 0.25) is 0 Å². The molecule has 0 aliphatic carbocycles. The number of nitrogens with two attached hydrogens (primary N) is 1. The van der Waals surface area contributed by atoms with Crippen molar-refractivity contribution in [3.05, 3.63) is 0 Å². The van der Waals surface area contributed by atoms with Gasteiger partial charge in [-0.3, -0.25) is 0 Å². The highest BCUT2D eigenvalue weighted by Gasteiger charge is 2.16. The van der Waals surface area contributed by atoms with E-state index in [1.807, 2.05) is 0 Å². The van der Waals surface area contributed by atoms with Gasteiger partial charge in [0, 0.05) is 6.04 Å². The van der Waals surface area contributed by atoms with Gasteiger partial charge in [0.15, 0.2) is 0 Å². The third-order valence-corrected chi connectivity index (χ3v) is 2.89. The lowest BCUT2D eigenvalue weighted by molar-refractivity contribution is 0.216. The smallest absolute Gasteiger partial charge is 0.101 e. The highest BCUT2D eigenvalue weighted by Crippen LogP contribution is 2.11. The van der Waals surface area contributed by atoms with E-state index in [-0.39, 0.29) is 0 Å². The number of hydrogen-bond acceptors (Lipinski definition) is 3. The maximum absolute atomic E-state index is 8.79. The Kier molecular flexibility index (Phi) is 7.36. The van der Waals surface area contributed by atoms with Crippen LogP contribution in [0, 0.1) is 11.3 Å². The van der Waals surface area contributed by atoms with Crippen LogP contribution in [0.1, 0.15) is 53.4 Å². The molecule has 0 heterocycles. The van der Waals surface area contributed by atoms with Crippen LogP contribution in [0.15, 0.2) is 0 Å². The summed E-state index contributed by atoms with van der Waals surface area (Å²) >= 11 is 0. The third-order valence-electron chi connectivity index (χ3n) is 2.89. The molecular formula is C13H27N3. The van der Waals surface area contributed by atoms with Gasteiger partial charge in [-0.15, -0.1) is 0 Å². The molecule has 1 atom stereocenters. The van der Waals surface area contributed by atoms with Crippen LogP contribution < -0.4 is 5.73 Å². The summed E-state index contributed by atoms with van der Waals surface area (Å²) in [4.78, 5) is 2.49. The molecule has 0 aromatic carbocycles. The van der Waals surface area contributed by atoms with Crippen molar-refractivity contribution in [3.8, 4) is 6.07 Å². The summed E-state index contributed by atoms with van der Waals surface area (Å²) in [6.07, 6.45) is 4.16. The van der Waals surface area contributed by atoms with Crippen LogP contribution in [0.5, 0.6) is 0 Å². The first-order valence-electron chi connectivity index (χ1n) is 6.37. The lowest BCUT2D eigenvalue weighted by atomic mass is 9.98. The quantitative estimate of drug-likeness (QED) is 0.646. The molecule has 2 N–H and O–H groups in total. The molecule has 0 radical (unpaired) electrons. The first-order chi connectivity index (χ1) is 7.43. The van der Waals surface area contributed by atoms with E-state index in [4.69, 9.17) is 11.0 Å². The minimum Gasteiger partial charge on any atom is -0.314 e. The van der Waals surface area contributed by atoms with Gasteiger partial charge >= 0.3 is 0 Å². The number of hydrogen-bond donors (Lipinski definition) is 1. The monoisotopic (exact) mass is 225 g/mol. The summed E-state index contributed by atoms with van der Waals surface area (Å²) in [7, 11) is 0. The molecule has 1 unspecified atom stereocenters. The van der Waals surface area contributed by atoms with E-state index in [1.165, 1.54) is 6.42 Å². The minimum absolute atomic E-state index is 0.611. The molecule has 3 nitrogen and oxygen atoms in total. The lowest BCUT2D eigenvalue weighted by Gasteiger charge is -2.26. The maximum atomic E-state index is 8.79. The first kappa shape index (κ1) is 15.4. The largest absolute Gasteiger partial charge is 0.314 e. The molecule has 0 saturated heterocycles. The van der Waals surface area contributed by atoms with Crippen LogP contribution in [-0.4, -0.2) is 29.6 Å². The summed E-state index contributed by atoms with van der Waals surface area (Å²) in [5.41, 5.74) is 5.13. The molecule has 94 valence electrons. The summed E-state index contributed by atoms with van der Waals surface area (Å²) in [5.74, 6) is 0. The molecule has 0 aromatic heterocycles. The van der Waals surface area contributed by atoms with Crippen molar-refractivity contribution >= 4 is 0 Å². The van der Waals surface area contributed by atoms with E-state index in [0.29, 0.717) is 6.04 Å². The van der Waals surface area contributed by atoms with Gasteiger partial charge in [-0.25, -0.2) is 0 Å². The molecule has 3 heteroatoms. The molecular weight excluding hydrogens is 198 g/mol. The molecule has 16 heavy (non-hydrogen) atoms. The van der Waals surface area contributed by atoms with Gasteiger partial charge in [-0.1, -0.05) is 6.92 Å².